The molecule has 0 saturated carbocycles. The quantitative estimate of drug-likeness (QED) is 0.691. The molecule has 0 radical (unpaired) electrons. The predicted molar refractivity (Wildman–Crippen MR) is 84.7 cm³/mol. The fourth-order valence-corrected chi connectivity index (χ4v) is 2.08. The van der Waals surface area contributed by atoms with E-state index in [2.05, 4.69) is 19.9 Å². The van der Waals surface area contributed by atoms with Gasteiger partial charge in [0.2, 0.25) is 0 Å². The summed E-state index contributed by atoms with van der Waals surface area (Å²) in [6.07, 6.45) is 7.89. The molecule has 0 spiro atoms. The standard InChI is InChI=1S/C16H12ClN5O/c17-14-5-4-12(9-20-14)11-22-8-2-1-3-15(22)21-16(23)13-10-18-6-7-19-13/h1-10H,11H2. The van der Waals surface area contributed by atoms with Crippen molar-refractivity contribution in [1.29, 1.82) is 0 Å². The molecular weight excluding hydrogens is 314 g/mol. The van der Waals surface area contributed by atoms with Gasteiger partial charge in [0.25, 0.3) is 5.91 Å². The molecule has 114 valence electrons. The smallest absolute Gasteiger partial charge is 0.299 e. The van der Waals surface area contributed by atoms with Crippen molar-refractivity contribution < 1.29 is 4.79 Å². The van der Waals surface area contributed by atoms with E-state index in [4.69, 9.17) is 11.6 Å². The molecule has 0 aliphatic heterocycles. The topological polar surface area (TPSA) is 73.0 Å². The Bertz CT molecular complexity index is 875. The number of carbonyl (C=O) groups is 1. The van der Waals surface area contributed by atoms with Gasteiger partial charge in [0.05, 0.1) is 12.7 Å². The second-order valence-corrected chi connectivity index (χ2v) is 5.07. The van der Waals surface area contributed by atoms with Crippen LogP contribution in [0.2, 0.25) is 5.15 Å². The van der Waals surface area contributed by atoms with Gasteiger partial charge in [-0.2, -0.15) is 4.99 Å². The monoisotopic (exact) mass is 325 g/mol. The average Bonchev–Trinajstić information content (AvgIpc) is 2.59. The van der Waals surface area contributed by atoms with Crippen LogP contribution in [-0.4, -0.2) is 25.4 Å². The normalized spacial score (nSPS) is 11.4. The van der Waals surface area contributed by atoms with Crippen molar-refractivity contribution in [2.45, 2.75) is 6.54 Å². The van der Waals surface area contributed by atoms with Gasteiger partial charge in [0.15, 0.2) is 0 Å². The lowest BCUT2D eigenvalue weighted by Crippen LogP contribution is -2.22. The lowest BCUT2D eigenvalue weighted by molar-refractivity contribution is 0.0992. The number of nitrogens with zero attached hydrogens (tertiary/aromatic N) is 5. The van der Waals surface area contributed by atoms with Gasteiger partial charge in [-0.25, -0.2) is 9.97 Å². The van der Waals surface area contributed by atoms with E-state index in [1.807, 2.05) is 29.0 Å². The molecule has 0 saturated heterocycles. The number of halogens is 1. The van der Waals surface area contributed by atoms with Gasteiger partial charge < -0.3 is 4.57 Å². The second-order valence-electron chi connectivity index (χ2n) is 4.68. The van der Waals surface area contributed by atoms with Crippen molar-refractivity contribution in [3.05, 3.63) is 83.2 Å². The summed E-state index contributed by atoms with van der Waals surface area (Å²) in [5.41, 5.74) is 1.68. The zero-order valence-electron chi connectivity index (χ0n) is 12.0. The Kier molecular flexibility index (Phi) is 4.54. The molecule has 7 heteroatoms. The van der Waals surface area contributed by atoms with E-state index in [-0.39, 0.29) is 5.69 Å². The van der Waals surface area contributed by atoms with Gasteiger partial charge in [0, 0.05) is 24.8 Å². The van der Waals surface area contributed by atoms with E-state index >= 15 is 0 Å². The van der Waals surface area contributed by atoms with Gasteiger partial charge in [-0.15, -0.1) is 0 Å². The third-order valence-electron chi connectivity index (χ3n) is 3.06. The van der Waals surface area contributed by atoms with Crippen LogP contribution in [0, 0.1) is 0 Å². The highest BCUT2D eigenvalue weighted by Crippen LogP contribution is 2.06. The number of rotatable bonds is 3. The number of carbonyl (C=O) groups excluding carboxylic acids is 1. The Morgan fingerprint density at radius 2 is 2.04 bits per heavy atom. The summed E-state index contributed by atoms with van der Waals surface area (Å²) in [6, 6.07) is 9.05. The molecule has 0 N–H and O–H groups in total. The Morgan fingerprint density at radius 3 is 2.78 bits per heavy atom. The van der Waals surface area contributed by atoms with Crippen LogP contribution in [0.5, 0.6) is 0 Å². The third kappa shape index (κ3) is 3.87. The predicted octanol–water partition coefficient (Wildman–Crippen LogP) is 2.12. The molecule has 0 aliphatic rings. The fraction of sp³-hybridized carbons (Fsp3) is 0.0625. The maximum absolute atomic E-state index is 12.2. The zero-order valence-corrected chi connectivity index (χ0v) is 12.8. The molecule has 0 aromatic carbocycles. The zero-order chi connectivity index (χ0) is 16.1. The van der Waals surface area contributed by atoms with Crippen molar-refractivity contribution >= 4 is 17.5 Å². The van der Waals surface area contributed by atoms with Crippen LogP contribution < -0.4 is 5.49 Å². The number of pyridine rings is 2. The number of aromatic nitrogens is 4. The molecule has 23 heavy (non-hydrogen) atoms. The largest absolute Gasteiger partial charge is 0.328 e. The molecule has 0 aliphatic carbocycles. The highest BCUT2D eigenvalue weighted by atomic mass is 35.5. The average molecular weight is 326 g/mol. The van der Waals surface area contributed by atoms with Crippen LogP contribution in [0.15, 0.2) is 66.3 Å². The van der Waals surface area contributed by atoms with Crippen LogP contribution in [-0.2, 0) is 6.54 Å². The van der Waals surface area contributed by atoms with Gasteiger partial charge in [0.1, 0.15) is 16.3 Å². The first kappa shape index (κ1) is 15.1. The van der Waals surface area contributed by atoms with Crippen LogP contribution in [0.4, 0.5) is 0 Å². The minimum Gasteiger partial charge on any atom is -0.328 e. The molecule has 3 rings (SSSR count). The van der Waals surface area contributed by atoms with E-state index < -0.39 is 5.91 Å². The van der Waals surface area contributed by atoms with Gasteiger partial charge >= 0.3 is 0 Å². The first-order chi connectivity index (χ1) is 11.2. The minimum absolute atomic E-state index is 0.205. The highest BCUT2D eigenvalue weighted by molar-refractivity contribution is 6.29. The summed E-state index contributed by atoms with van der Waals surface area (Å²) in [5, 5.41) is 0.439. The third-order valence-corrected chi connectivity index (χ3v) is 3.28. The van der Waals surface area contributed by atoms with E-state index in [1.54, 1.807) is 18.3 Å². The lowest BCUT2D eigenvalue weighted by atomic mass is 10.3. The van der Waals surface area contributed by atoms with Crippen molar-refractivity contribution in [3.8, 4) is 0 Å². The highest BCUT2D eigenvalue weighted by Gasteiger charge is 2.05. The molecule has 0 bridgehead atoms. The molecule has 3 aromatic rings. The van der Waals surface area contributed by atoms with Crippen molar-refractivity contribution in [2.24, 2.45) is 4.99 Å². The summed E-state index contributed by atoms with van der Waals surface area (Å²) in [6.45, 7) is 0.525. The van der Waals surface area contributed by atoms with Crippen molar-refractivity contribution in [3.63, 3.8) is 0 Å². The van der Waals surface area contributed by atoms with Crippen molar-refractivity contribution in [1.82, 2.24) is 19.5 Å². The summed E-state index contributed by atoms with van der Waals surface area (Å²) in [5.74, 6) is -0.438. The summed E-state index contributed by atoms with van der Waals surface area (Å²) in [7, 11) is 0. The maximum Gasteiger partial charge on any atom is 0.299 e. The number of amides is 1. The fourth-order valence-electron chi connectivity index (χ4n) is 1.97. The Balaban J connectivity index is 1.93. The Hall–Kier alpha value is -2.86. The van der Waals surface area contributed by atoms with Gasteiger partial charge in [-0.1, -0.05) is 23.7 Å². The molecule has 3 aromatic heterocycles. The summed E-state index contributed by atoms with van der Waals surface area (Å²) in [4.78, 5) is 28.2. The molecule has 1 amide bonds. The molecule has 0 atom stereocenters. The Morgan fingerprint density at radius 1 is 1.13 bits per heavy atom. The van der Waals surface area contributed by atoms with Gasteiger partial charge in [-0.05, 0) is 23.8 Å². The van der Waals surface area contributed by atoms with Crippen molar-refractivity contribution in [2.75, 3.05) is 0 Å². The summed E-state index contributed by atoms with van der Waals surface area (Å²) >= 11 is 5.79. The molecule has 6 nitrogen and oxygen atoms in total. The molecule has 3 heterocycles. The molecular formula is C16H12ClN5O. The van der Waals surface area contributed by atoms with Crippen LogP contribution in [0.1, 0.15) is 16.1 Å². The molecule has 0 unspecified atom stereocenters. The van der Waals surface area contributed by atoms with Crippen LogP contribution in [0.3, 0.4) is 0 Å². The van der Waals surface area contributed by atoms with Crippen LogP contribution in [0.25, 0.3) is 0 Å². The van der Waals surface area contributed by atoms with E-state index in [9.17, 15) is 4.79 Å². The van der Waals surface area contributed by atoms with Crippen LogP contribution >= 0.6 is 11.6 Å². The SMILES string of the molecule is O=C(N=c1ccccn1Cc1ccc(Cl)nc1)c1cnccn1. The van der Waals surface area contributed by atoms with E-state index in [0.29, 0.717) is 17.2 Å². The Labute approximate surface area is 137 Å². The number of hydrogen-bond donors (Lipinski definition) is 0. The first-order valence-electron chi connectivity index (χ1n) is 6.83. The van der Waals surface area contributed by atoms with E-state index in [1.165, 1.54) is 18.6 Å². The first-order valence-corrected chi connectivity index (χ1v) is 7.21. The van der Waals surface area contributed by atoms with Gasteiger partial charge in [-0.3, -0.25) is 9.78 Å². The number of hydrogen-bond acceptors (Lipinski definition) is 4. The lowest BCUT2D eigenvalue weighted by Gasteiger charge is -2.07. The second kappa shape index (κ2) is 6.93. The van der Waals surface area contributed by atoms with E-state index in [0.717, 1.165) is 5.56 Å². The minimum atomic E-state index is -0.438. The maximum atomic E-state index is 12.2. The molecule has 0 fully saturated rings. The summed E-state index contributed by atoms with van der Waals surface area (Å²) < 4.78 is 1.85.